The van der Waals surface area contributed by atoms with Crippen molar-refractivity contribution in [2.45, 2.75) is 25.3 Å². The van der Waals surface area contributed by atoms with Crippen molar-refractivity contribution >= 4 is 11.0 Å². The third-order valence-corrected chi connectivity index (χ3v) is 4.23. The SMILES string of the molecule is c1cc(CN2CCC[C@@H](c3ccn[nH]3)C2)c2nonc2c1. The van der Waals surface area contributed by atoms with Crippen molar-refractivity contribution in [2.75, 3.05) is 13.1 Å². The summed E-state index contributed by atoms with van der Waals surface area (Å²) in [7, 11) is 0. The minimum absolute atomic E-state index is 0.538. The lowest BCUT2D eigenvalue weighted by Gasteiger charge is -2.32. The van der Waals surface area contributed by atoms with E-state index in [0.29, 0.717) is 5.92 Å². The van der Waals surface area contributed by atoms with E-state index in [1.807, 2.05) is 18.3 Å². The Hall–Kier alpha value is -2.21. The van der Waals surface area contributed by atoms with Gasteiger partial charge in [-0.3, -0.25) is 10.00 Å². The second-order valence-electron chi connectivity index (χ2n) is 5.64. The van der Waals surface area contributed by atoms with Gasteiger partial charge in [-0.05, 0) is 47.4 Å². The number of hydrogen-bond donors (Lipinski definition) is 1. The van der Waals surface area contributed by atoms with Gasteiger partial charge in [0.15, 0.2) is 0 Å². The van der Waals surface area contributed by atoms with E-state index >= 15 is 0 Å². The lowest BCUT2D eigenvalue weighted by atomic mass is 9.94. The second-order valence-corrected chi connectivity index (χ2v) is 5.64. The van der Waals surface area contributed by atoms with Crippen LogP contribution in [0.3, 0.4) is 0 Å². The summed E-state index contributed by atoms with van der Waals surface area (Å²) in [6.45, 7) is 3.05. The summed E-state index contributed by atoms with van der Waals surface area (Å²) in [5, 5.41) is 15.1. The van der Waals surface area contributed by atoms with Crippen LogP contribution >= 0.6 is 0 Å². The zero-order valence-corrected chi connectivity index (χ0v) is 11.7. The Bertz CT molecular complexity index is 721. The maximum atomic E-state index is 4.84. The molecular weight excluding hydrogens is 266 g/mol. The zero-order chi connectivity index (χ0) is 14.1. The van der Waals surface area contributed by atoms with Gasteiger partial charge in [-0.25, -0.2) is 4.63 Å². The van der Waals surface area contributed by atoms with Crippen LogP contribution in [0.15, 0.2) is 35.1 Å². The molecule has 3 aromatic rings. The first-order chi connectivity index (χ1) is 10.4. The minimum atomic E-state index is 0.538. The fourth-order valence-electron chi connectivity index (χ4n) is 3.18. The lowest BCUT2D eigenvalue weighted by Crippen LogP contribution is -2.34. The van der Waals surface area contributed by atoms with E-state index in [0.717, 1.165) is 30.7 Å². The standard InChI is InChI=1S/C15H17N5O/c1-3-12(15-14(5-1)18-21-19-15)10-20-8-2-4-11(9-20)13-6-7-16-17-13/h1,3,5-7,11H,2,4,8-10H2,(H,16,17)/t11-/m1/s1. The summed E-state index contributed by atoms with van der Waals surface area (Å²) in [5.41, 5.74) is 4.12. The van der Waals surface area contributed by atoms with E-state index in [9.17, 15) is 0 Å². The van der Waals surface area contributed by atoms with E-state index in [1.54, 1.807) is 0 Å². The average molecular weight is 283 g/mol. The van der Waals surface area contributed by atoms with E-state index in [2.05, 4.69) is 37.5 Å². The van der Waals surface area contributed by atoms with Crippen molar-refractivity contribution < 1.29 is 4.63 Å². The largest absolute Gasteiger partial charge is 0.298 e. The van der Waals surface area contributed by atoms with Gasteiger partial charge in [0.05, 0.1) is 0 Å². The monoisotopic (exact) mass is 283 g/mol. The first-order valence-electron chi connectivity index (χ1n) is 7.32. The van der Waals surface area contributed by atoms with Gasteiger partial charge < -0.3 is 0 Å². The summed E-state index contributed by atoms with van der Waals surface area (Å²) in [4.78, 5) is 2.47. The quantitative estimate of drug-likeness (QED) is 0.798. The van der Waals surface area contributed by atoms with Crippen LogP contribution in [0.5, 0.6) is 0 Å². The molecule has 1 atom stereocenters. The summed E-state index contributed by atoms with van der Waals surface area (Å²) in [6, 6.07) is 8.12. The fraction of sp³-hybridized carbons (Fsp3) is 0.400. The van der Waals surface area contributed by atoms with Gasteiger partial charge in [-0.15, -0.1) is 0 Å². The molecule has 1 aromatic carbocycles. The number of nitrogens with zero attached hydrogens (tertiary/aromatic N) is 4. The Kier molecular flexibility index (Phi) is 3.16. The minimum Gasteiger partial charge on any atom is -0.298 e. The van der Waals surface area contributed by atoms with Crippen molar-refractivity contribution in [3.8, 4) is 0 Å². The smallest absolute Gasteiger partial charge is 0.139 e. The van der Waals surface area contributed by atoms with Gasteiger partial charge in [-0.2, -0.15) is 5.10 Å². The molecule has 1 fully saturated rings. The highest BCUT2D eigenvalue weighted by molar-refractivity contribution is 5.76. The molecule has 4 rings (SSSR count). The highest BCUT2D eigenvalue weighted by Gasteiger charge is 2.23. The molecule has 3 heterocycles. The van der Waals surface area contributed by atoms with Crippen LogP contribution < -0.4 is 0 Å². The molecule has 1 aliphatic rings. The Morgan fingerprint density at radius 3 is 3.19 bits per heavy atom. The second kappa shape index (κ2) is 5.29. The highest BCUT2D eigenvalue weighted by atomic mass is 16.6. The molecule has 1 aliphatic heterocycles. The van der Waals surface area contributed by atoms with E-state index in [4.69, 9.17) is 4.63 Å². The molecule has 0 aliphatic carbocycles. The molecule has 1 saturated heterocycles. The van der Waals surface area contributed by atoms with Crippen LogP contribution in [0.4, 0.5) is 0 Å². The predicted molar refractivity (Wildman–Crippen MR) is 77.6 cm³/mol. The van der Waals surface area contributed by atoms with Crippen molar-refractivity contribution in [1.29, 1.82) is 0 Å². The van der Waals surface area contributed by atoms with Crippen molar-refractivity contribution in [3.05, 3.63) is 41.7 Å². The molecule has 6 nitrogen and oxygen atoms in total. The highest BCUT2D eigenvalue weighted by Crippen LogP contribution is 2.27. The first-order valence-corrected chi connectivity index (χ1v) is 7.32. The van der Waals surface area contributed by atoms with Gasteiger partial charge in [-0.1, -0.05) is 12.1 Å². The normalized spacial score (nSPS) is 20.1. The number of benzene rings is 1. The third-order valence-electron chi connectivity index (χ3n) is 4.23. The van der Waals surface area contributed by atoms with E-state index < -0.39 is 0 Å². The van der Waals surface area contributed by atoms with Crippen LogP contribution in [-0.2, 0) is 6.54 Å². The number of piperidine rings is 1. The third kappa shape index (κ3) is 2.42. The molecule has 0 radical (unpaired) electrons. The number of hydrogen-bond acceptors (Lipinski definition) is 5. The molecule has 1 N–H and O–H groups in total. The maximum Gasteiger partial charge on any atom is 0.139 e. The summed E-state index contributed by atoms with van der Waals surface area (Å²) >= 11 is 0. The number of aromatic nitrogens is 4. The summed E-state index contributed by atoms with van der Waals surface area (Å²) < 4.78 is 4.84. The number of aromatic amines is 1. The Labute approximate surface area is 122 Å². The molecule has 0 saturated carbocycles. The van der Waals surface area contributed by atoms with Crippen LogP contribution in [0.2, 0.25) is 0 Å². The van der Waals surface area contributed by atoms with E-state index in [1.165, 1.54) is 24.1 Å². The average Bonchev–Trinajstić information content (AvgIpc) is 3.20. The molecule has 2 aromatic heterocycles. The van der Waals surface area contributed by atoms with Crippen molar-refractivity contribution in [1.82, 2.24) is 25.4 Å². The molecule has 0 unspecified atom stereocenters. The number of nitrogens with one attached hydrogen (secondary N) is 1. The first kappa shape index (κ1) is 12.5. The van der Waals surface area contributed by atoms with Crippen LogP contribution in [0, 0.1) is 0 Å². The topological polar surface area (TPSA) is 70.8 Å². The van der Waals surface area contributed by atoms with Gasteiger partial charge in [0.2, 0.25) is 0 Å². The van der Waals surface area contributed by atoms with Crippen LogP contribution in [-0.4, -0.2) is 38.5 Å². The van der Waals surface area contributed by atoms with Gasteiger partial charge in [0.25, 0.3) is 0 Å². The number of likely N-dealkylation sites (tertiary alicyclic amines) is 1. The van der Waals surface area contributed by atoms with Crippen LogP contribution in [0.25, 0.3) is 11.0 Å². The zero-order valence-electron chi connectivity index (χ0n) is 11.7. The number of rotatable bonds is 3. The van der Waals surface area contributed by atoms with Crippen molar-refractivity contribution in [2.24, 2.45) is 0 Å². The van der Waals surface area contributed by atoms with Gasteiger partial charge in [0, 0.05) is 30.9 Å². The molecule has 6 heteroatoms. The van der Waals surface area contributed by atoms with Gasteiger partial charge >= 0.3 is 0 Å². The molecule has 21 heavy (non-hydrogen) atoms. The molecular formula is C15H17N5O. The Balaban J connectivity index is 1.53. The summed E-state index contributed by atoms with van der Waals surface area (Å²) in [5.74, 6) is 0.538. The Morgan fingerprint density at radius 1 is 1.29 bits per heavy atom. The van der Waals surface area contributed by atoms with Gasteiger partial charge in [0.1, 0.15) is 11.0 Å². The molecule has 0 bridgehead atoms. The maximum absolute atomic E-state index is 4.84. The number of H-pyrrole nitrogens is 1. The van der Waals surface area contributed by atoms with E-state index in [-0.39, 0.29) is 0 Å². The summed E-state index contributed by atoms with van der Waals surface area (Å²) in [6.07, 6.45) is 4.25. The fourth-order valence-corrected chi connectivity index (χ4v) is 3.18. The van der Waals surface area contributed by atoms with Crippen molar-refractivity contribution in [3.63, 3.8) is 0 Å². The molecule has 0 spiro atoms. The molecule has 0 amide bonds. The lowest BCUT2D eigenvalue weighted by molar-refractivity contribution is 0.199. The van der Waals surface area contributed by atoms with Crippen LogP contribution in [0.1, 0.15) is 30.0 Å². The Morgan fingerprint density at radius 2 is 2.29 bits per heavy atom. The predicted octanol–water partition coefficient (Wildman–Crippen LogP) is 2.33. The molecule has 108 valence electrons. The number of fused-ring (bicyclic) bond motifs is 1.